The van der Waals surface area contributed by atoms with Gasteiger partial charge in [0.25, 0.3) is 3.79 Å². The van der Waals surface area contributed by atoms with Crippen molar-refractivity contribution in [1.82, 2.24) is 0 Å². The smallest absolute Gasteiger partial charge is 0.190 e. The first-order valence-corrected chi connectivity index (χ1v) is 3.00. The highest BCUT2D eigenvalue weighted by molar-refractivity contribution is 7.81. The molecule has 0 saturated carbocycles. The topological polar surface area (TPSA) is 0 Å². The normalized spacial score (nSPS) is 14.2. The van der Waals surface area contributed by atoms with Crippen LogP contribution in [-0.2, 0) is 0 Å². The molecule has 0 saturated heterocycles. The quantitative estimate of drug-likeness (QED) is 0.452. The molecular weight excluding hydrogens is 200 g/mol. The van der Waals surface area contributed by atoms with Crippen LogP contribution in [0.25, 0.3) is 0 Å². The molecule has 0 bridgehead atoms. The average molecular weight is 201 g/mol. The van der Waals surface area contributed by atoms with Gasteiger partial charge in [0.05, 0.1) is 0 Å². The number of hydrogen-bond donors (Lipinski definition) is 1. The molecule has 0 N–H and O–H groups in total. The molecule has 0 aromatic carbocycles. The van der Waals surface area contributed by atoms with Crippen molar-refractivity contribution in [2.75, 3.05) is 0 Å². The van der Waals surface area contributed by atoms with E-state index in [1.54, 1.807) is 0 Å². The molecule has 0 aromatic heterocycles. The van der Waals surface area contributed by atoms with Gasteiger partial charge in [-0.05, 0) is 0 Å². The molecule has 0 nitrogen and oxygen atoms in total. The summed E-state index contributed by atoms with van der Waals surface area (Å²) in [6.07, 6.45) is 0. The lowest BCUT2D eigenvalue weighted by atomic mass is 10.8. The third kappa shape index (κ3) is 2.58. The summed E-state index contributed by atoms with van der Waals surface area (Å²) in [6, 6.07) is 0. The van der Waals surface area contributed by atoms with Crippen LogP contribution in [0.4, 0.5) is 8.78 Å². The number of alkyl halides is 5. The van der Waals surface area contributed by atoms with Crippen molar-refractivity contribution in [2.24, 2.45) is 0 Å². The zero-order valence-corrected chi connectivity index (χ0v) is 6.50. The minimum Gasteiger partial charge on any atom is -0.190 e. The second-order valence-electron chi connectivity index (χ2n) is 1.04. The molecule has 6 heteroatoms. The molecule has 0 aliphatic carbocycles. The Labute approximate surface area is 65.5 Å². The lowest BCUT2D eigenvalue weighted by Crippen LogP contribution is -2.26. The van der Waals surface area contributed by atoms with Crippen molar-refractivity contribution in [3.63, 3.8) is 0 Å². The van der Waals surface area contributed by atoms with Crippen molar-refractivity contribution < 1.29 is 8.78 Å². The number of halogens is 5. The minimum atomic E-state index is -3.57. The third-order valence-corrected chi connectivity index (χ3v) is 1.78. The highest BCUT2D eigenvalue weighted by Crippen LogP contribution is 2.44. The van der Waals surface area contributed by atoms with Gasteiger partial charge >= 0.3 is 5.25 Å². The maximum absolute atomic E-state index is 11.7. The number of rotatable bonds is 0. The molecule has 0 rings (SSSR count). The molecule has 0 unspecified atom stereocenters. The fraction of sp³-hybridized carbons (Fsp3) is 1.00. The zero-order chi connectivity index (χ0) is 7.00. The fourth-order valence-electron chi connectivity index (χ4n) is 0. The first-order chi connectivity index (χ1) is 3.25. The summed E-state index contributed by atoms with van der Waals surface area (Å²) in [7, 11) is 0. The molecule has 0 aliphatic rings. The van der Waals surface area contributed by atoms with E-state index in [1.165, 1.54) is 0 Å². The summed E-state index contributed by atoms with van der Waals surface area (Å²) < 4.78 is 20.8. The maximum Gasteiger partial charge on any atom is 0.337 e. The maximum atomic E-state index is 11.7. The van der Waals surface area contributed by atoms with Gasteiger partial charge in [-0.1, -0.05) is 34.8 Å². The Morgan fingerprint density at radius 1 is 1.12 bits per heavy atom. The summed E-state index contributed by atoms with van der Waals surface area (Å²) in [4.78, 5) is 0. The van der Waals surface area contributed by atoms with E-state index in [0.29, 0.717) is 0 Å². The molecule has 0 atom stereocenters. The van der Waals surface area contributed by atoms with Crippen molar-refractivity contribution in [3.8, 4) is 0 Å². The monoisotopic (exact) mass is 200 g/mol. The van der Waals surface area contributed by atoms with Gasteiger partial charge in [-0.25, -0.2) is 0 Å². The first-order valence-electron chi connectivity index (χ1n) is 1.42. The predicted octanol–water partition coefficient (Wildman–Crippen LogP) is 2.88. The van der Waals surface area contributed by atoms with Crippen LogP contribution in [-0.4, -0.2) is 9.05 Å². The van der Waals surface area contributed by atoms with Crippen molar-refractivity contribution >= 4 is 47.4 Å². The largest absolute Gasteiger partial charge is 0.337 e. The predicted molar refractivity (Wildman–Crippen MR) is 34.2 cm³/mol. The fourth-order valence-corrected chi connectivity index (χ4v) is 0. The highest BCUT2D eigenvalue weighted by atomic mass is 35.6. The van der Waals surface area contributed by atoms with E-state index in [9.17, 15) is 8.78 Å². The Morgan fingerprint density at radius 2 is 1.25 bits per heavy atom. The van der Waals surface area contributed by atoms with Crippen LogP contribution < -0.4 is 0 Å². The number of thiol groups is 1. The molecule has 0 amide bonds. The van der Waals surface area contributed by atoms with Gasteiger partial charge in [0.2, 0.25) is 0 Å². The van der Waals surface area contributed by atoms with Crippen molar-refractivity contribution in [3.05, 3.63) is 0 Å². The van der Waals surface area contributed by atoms with E-state index in [0.717, 1.165) is 0 Å². The Kier molecular flexibility index (Phi) is 2.69. The van der Waals surface area contributed by atoms with Crippen molar-refractivity contribution in [1.29, 1.82) is 0 Å². The Balaban J connectivity index is 4.02. The lowest BCUT2D eigenvalue weighted by Gasteiger charge is -2.16. The van der Waals surface area contributed by atoms with E-state index >= 15 is 0 Å². The Morgan fingerprint density at radius 3 is 1.25 bits per heavy atom. The molecule has 0 aliphatic heterocycles. The van der Waals surface area contributed by atoms with Crippen LogP contribution in [0.5, 0.6) is 0 Å². The van der Waals surface area contributed by atoms with Gasteiger partial charge in [0.15, 0.2) is 0 Å². The molecule has 0 heterocycles. The van der Waals surface area contributed by atoms with E-state index in [4.69, 9.17) is 34.8 Å². The molecule has 8 heavy (non-hydrogen) atoms. The summed E-state index contributed by atoms with van der Waals surface area (Å²) in [5, 5.41) is -3.57. The third-order valence-electron chi connectivity index (χ3n) is 0.341. The Hall–Kier alpha value is 1.08. The standard InChI is InChI=1S/C2HCl3F2S/c3-1(4,5)2(6,7)8/h8H. The highest BCUT2D eigenvalue weighted by Gasteiger charge is 2.47. The Bertz CT molecular complexity index is 70.3. The van der Waals surface area contributed by atoms with E-state index in [-0.39, 0.29) is 0 Å². The number of hydrogen-bond acceptors (Lipinski definition) is 1. The van der Waals surface area contributed by atoms with E-state index < -0.39 is 9.05 Å². The van der Waals surface area contributed by atoms with Crippen LogP contribution in [0.1, 0.15) is 0 Å². The van der Waals surface area contributed by atoms with E-state index in [1.807, 2.05) is 0 Å². The van der Waals surface area contributed by atoms with Crippen molar-refractivity contribution in [2.45, 2.75) is 9.05 Å². The van der Waals surface area contributed by atoms with Crippen LogP contribution in [0, 0.1) is 0 Å². The van der Waals surface area contributed by atoms with Crippen LogP contribution in [0.3, 0.4) is 0 Å². The van der Waals surface area contributed by atoms with Crippen LogP contribution in [0.2, 0.25) is 0 Å². The lowest BCUT2D eigenvalue weighted by molar-refractivity contribution is 0.113. The first kappa shape index (κ1) is 9.08. The summed E-state index contributed by atoms with van der Waals surface area (Å²) in [5.74, 6) is 0. The zero-order valence-electron chi connectivity index (χ0n) is 3.34. The molecule has 50 valence electrons. The van der Waals surface area contributed by atoms with Crippen LogP contribution >= 0.6 is 47.4 Å². The van der Waals surface area contributed by atoms with Gasteiger partial charge < -0.3 is 0 Å². The summed E-state index contributed by atoms with van der Waals surface area (Å²) in [6.45, 7) is 0. The minimum absolute atomic E-state index is 2.61. The molecule has 0 fully saturated rings. The second kappa shape index (κ2) is 2.37. The average Bonchev–Trinajstić information content (AvgIpc) is 1.25. The van der Waals surface area contributed by atoms with Crippen LogP contribution in [0.15, 0.2) is 0 Å². The molecule has 0 aromatic rings. The van der Waals surface area contributed by atoms with Gasteiger partial charge in [-0.3, -0.25) is 0 Å². The van der Waals surface area contributed by atoms with Gasteiger partial charge in [0.1, 0.15) is 0 Å². The SMILES string of the molecule is FC(F)(S)C(Cl)(Cl)Cl. The van der Waals surface area contributed by atoms with Gasteiger partial charge in [-0.15, -0.1) is 12.6 Å². The summed E-state index contributed by atoms with van der Waals surface area (Å²) in [5.41, 5.74) is 0. The molecule has 0 spiro atoms. The van der Waals surface area contributed by atoms with E-state index in [2.05, 4.69) is 12.6 Å². The molecular formula is C2HCl3F2S. The summed E-state index contributed by atoms with van der Waals surface area (Å²) >= 11 is 16.8. The second-order valence-corrected chi connectivity index (χ2v) is 3.88. The van der Waals surface area contributed by atoms with Gasteiger partial charge in [0, 0.05) is 0 Å². The van der Waals surface area contributed by atoms with Gasteiger partial charge in [-0.2, -0.15) is 8.78 Å². The molecule has 0 radical (unpaired) electrons.